The smallest absolute Gasteiger partial charge is 0.0414 e. The lowest BCUT2D eigenvalue weighted by molar-refractivity contribution is 0.396. The summed E-state index contributed by atoms with van der Waals surface area (Å²) in [6.07, 6.45) is 2.44. The molecule has 1 unspecified atom stereocenters. The first kappa shape index (κ1) is 14.4. The number of fused-ring (bicyclic) bond motifs is 1. The predicted octanol–water partition coefficient (Wildman–Crippen LogP) is 2.50. The van der Waals surface area contributed by atoms with Crippen molar-refractivity contribution >= 4 is 5.69 Å². The van der Waals surface area contributed by atoms with E-state index in [0.29, 0.717) is 6.04 Å². The summed E-state index contributed by atoms with van der Waals surface area (Å²) in [5, 5.41) is 3.60. The van der Waals surface area contributed by atoms with Crippen molar-refractivity contribution in [3.8, 4) is 0 Å². The van der Waals surface area contributed by atoms with Gasteiger partial charge in [0, 0.05) is 24.8 Å². The Balaban J connectivity index is 2.05. The maximum absolute atomic E-state index is 3.60. The van der Waals surface area contributed by atoms with Crippen molar-refractivity contribution < 1.29 is 0 Å². The standard InChI is InChI=1S/C16H27N3/c1-4-17-15-10-13-19(12-7-11-18(2)3)16-9-6-5-8-14(15)16/h5-6,8-9,15,17H,4,7,10-13H2,1-3H3. The molecule has 19 heavy (non-hydrogen) atoms. The van der Waals surface area contributed by atoms with Crippen molar-refractivity contribution in [1.82, 2.24) is 10.2 Å². The highest BCUT2D eigenvalue weighted by atomic mass is 15.2. The molecule has 1 heterocycles. The van der Waals surface area contributed by atoms with Crippen LogP contribution in [0.3, 0.4) is 0 Å². The van der Waals surface area contributed by atoms with Gasteiger partial charge in [-0.25, -0.2) is 0 Å². The van der Waals surface area contributed by atoms with Crippen molar-refractivity contribution in [1.29, 1.82) is 0 Å². The summed E-state index contributed by atoms with van der Waals surface area (Å²) in [5.41, 5.74) is 2.90. The van der Waals surface area contributed by atoms with Gasteiger partial charge in [0.2, 0.25) is 0 Å². The molecule has 0 bridgehead atoms. The Morgan fingerprint density at radius 2 is 2.11 bits per heavy atom. The third-order valence-corrected chi connectivity index (χ3v) is 3.82. The van der Waals surface area contributed by atoms with Crippen molar-refractivity contribution in [3.05, 3.63) is 29.8 Å². The van der Waals surface area contributed by atoms with E-state index < -0.39 is 0 Å². The summed E-state index contributed by atoms with van der Waals surface area (Å²) in [7, 11) is 4.29. The number of rotatable bonds is 6. The number of benzene rings is 1. The van der Waals surface area contributed by atoms with E-state index in [4.69, 9.17) is 0 Å². The summed E-state index contributed by atoms with van der Waals surface area (Å²) < 4.78 is 0. The first-order chi connectivity index (χ1) is 9.22. The van der Waals surface area contributed by atoms with Crippen LogP contribution in [0.25, 0.3) is 0 Å². The molecule has 0 saturated carbocycles. The van der Waals surface area contributed by atoms with Crippen LogP contribution in [0.1, 0.15) is 31.4 Å². The molecule has 1 aromatic rings. The number of para-hydroxylation sites is 1. The summed E-state index contributed by atoms with van der Waals surface area (Å²) in [6.45, 7) is 6.72. The Bertz CT molecular complexity index is 389. The van der Waals surface area contributed by atoms with Crippen LogP contribution in [0.15, 0.2) is 24.3 Å². The van der Waals surface area contributed by atoms with Gasteiger partial charge in [0.15, 0.2) is 0 Å². The van der Waals surface area contributed by atoms with Crippen LogP contribution >= 0.6 is 0 Å². The second-order valence-corrected chi connectivity index (χ2v) is 5.60. The minimum Gasteiger partial charge on any atom is -0.371 e. The van der Waals surface area contributed by atoms with E-state index in [0.717, 1.165) is 19.6 Å². The van der Waals surface area contributed by atoms with Crippen molar-refractivity contribution in [2.45, 2.75) is 25.8 Å². The van der Waals surface area contributed by atoms with E-state index in [-0.39, 0.29) is 0 Å². The Hall–Kier alpha value is -1.06. The summed E-state index contributed by atoms with van der Waals surface area (Å²) in [6, 6.07) is 9.40. The third kappa shape index (κ3) is 3.71. The number of hydrogen-bond acceptors (Lipinski definition) is 3. The lowest BCUT2D eigenvalue weighted by Crippen LogP contribution is -2.37. The molecule has 3 nitrogen and oxygen atoms in total. The maximum atomic E-state index is 3.60. The zero-order chi connectivity index (χ0) is 13.7. The van der Waals surface area contributed by atoms with Crippen molar-refractivity contribution in [2.24, 2.45) is 0 Å². The monoisotopic (exact) mass is 261 g/mol. The molecule has 0 aromatic heterocycles. The molecule has 3 heteroatoms. The van der Waals surface area contributed by atoms with Gasteiger partial charge in [-0.1, -0.05) is 25.1 Å². The van der Waals surface area contributed by atoms with Gasteiger partial charge in [0.25, 0.3) is 0 Å². The normalized spacial score (nSPS) is 18.7. The first-order valence-corrected chi connectivity index (χ1v) is 7.44. The minimum atomic E-state index is 0.534. The molecule has 0 spiro atoms. The van der Waals surface area contributed by atoms with Crippen molar-refractivity contribution in [2.75, 3.05) is 45.2 Å². The Labute approximate surface area is 117 Å². The average molecular weight is 261 g/mol. The van der Waals surface area contributed by atoms with Gasteiger partial charge in [0.05, 0.1) is 0 Å². The second-order valence-electron chi connectivity index (χ2n) is 5.60. The first-order valence-electron chi connectivity index (χ1n) is 7.44. The highest BCUT2D eigenvalue weighted by molar-refractivity contribution is 5.56. The number of anilines is 1. The number of nitrogens with zero attached hydrogens (tertiary/aromatic N) is 2. The molecular weight excluding hydrogens is 234 g/mol. The van der Waals surface area contributed by atoms with Crippen molar-refractivity contribution in [3.63, 3.8) is 0 Å². The van der Waals surface area contributed by atoms with E-state index in [1.165, 1.54) is 30.6 Å². The van der Waals surface area contributed by atoms with Gasteiger partial charge in [-0.3, -0.25) is 0 Å². The topological polar surface area (TPSA) is 18.5 Å². The third-order valence-electron chi connectivity index (χ3n) is 3.82. The van der Waals surface area contributed by atoms with E-state index in [1.807, 2.05) is 0 Å². The van der Waals surface area contributed by atoms with Gasteiger partial charge in [-0.05, 0) is 51.7 Å². The summed E-state index contributed by atoms with van der Waals surface area (Å²) >= 11 is 0. The molecule has 106 valence electrons. The van der Waals surface area contributed by atoms with Crippen LogP contribution in [0.5, 0.6) is 0 Å². The molecule has 0 fully saturated rings. The predicted molar refractivity (Wildman–Crippen MR) is 82.9 cm³/mol. The molecule has 1 atom stereocenters. The fourth-order valence-electron chi connectivity index (χ4n) is 2.90. The average Bonchev–Trinajstić information content (AvgIpc) is 2.41. The lowest BCUT2D eigenvalue weighted by Gasteiger charge is -2.36. The van der Waals surface area contributed by atoms with E-state index in [9.17, 15) is 0 Å². The Morgan fingerprint density at radius 3 is 2.84 bits per heavy atom. The van der Waals surface area contributed by atoms with Crippen LogP contribution < -0.4 is 10.2 Å². The molecular formula is C16H27N3. The van der Waals surface area contributed by atoms with Gasteiger partial charge in [0.1, 0.15) is 0 Å². The lowest BCUT2D eigenvalue weighted by atomic mass is 9.96. The molecule has 1 N–H and O–H groups in total. The molecule has 0 amide bonds. The number of hydrogen-bond donors (Lipinski definition) is 1. The van der Waals surface area contributed by atoms with Crippen LogP contribution in [-0.4, -0.2) is 45.2 Å². The zero-order valence-electron chi connectivity index (χ0n) is 12.5. The Kier molecular flexibility index (Phi) is 5.23. The van der Waals surface area contributed by atoms with Crippen LogP contribution in [-0.2, 0) is 0 Å². The van der Waals surface area contributed by atoms with Crippen LogP contribution in [0.4, 0.5) is 5.69 Å². The number of nitrogens with one attached hydrogen (secondary N) is 1. The molecule has 0 saturated heterocycles. The molecule has 1 aromatic carbocycles. The second kappa shape index (κ2) is 6.92. The van der Waals surface area contributed by atoms with E-state index >= 15 is 0 Å². The van der Waals surface area contributed by atoms with Crippen LogP contribution in [0.2, 0.25) is 0 Å². The zero-order valence-corrected chi connectivity index (χ0v) is 12.5. The molecule has 0 aliphatic carbocycles. The van der Waals surface area contributed by atoms with E-state index in [2.05, 4.69) is 60.4 Å². The maximum Gasteiger partial charge on any atom is 0.0414 e. The molecule has 0 radical (unpaired) electrons. The van der Waals surface area contributed by atoms with Gasteiger partial charge in [-0.15, -0.1) is 0 Å². The van der Waals surface area contributed by atoms with Gasteiger partial charge in [-0.2, -0.15) is 0 Å². The van der Waals surface area contributed by atoms with Gasteiger partial charge < -0.3 is 15.1 Å². The fourth-order valence-corrected chi connectivity index (χ4v) is 2.90. The SMILES string of the molecule is CCNC1CCN(CCCN(C)C)c2ccccc21. The van der Waals surface area contributed by atoms with Crippen LogP contribution in [0, 0.1) is 0 Å². The Morgan fingerprint density at radius 1 is 1.32 bits per heavy atom. The molecule has 1 aliphatic heterocycles. The van der Waals surface area contributed by atoms with E-state index in [1.54, 1.807) is 0 Å². The summed E-state index contributed by atoms with van der Waals surface area (Å²) in [5.74, 6) is 0. The fraction of sp³-hybridized carbons (Fsp3) is 0.625. The molecule has 1 aliphatic rings. The van der Waals surface area contributed by atoms with Gasteiger partial charge >= 0.3 is 0 Å². The molecule has 2 rings (SSSR count). The largest absolute Gasteiger partial charge is 0.371 e. The summed E-state index contributed by atoms with van der Waals surface area (Å²) in [4.78, 5) is 4.81. The highest BCUT2D eigenvalue weighted by Crippen LogP contribution is 2.33. The minimum absolute atomic E-state index is 0.534. The highest BCUT2D eigenvalue weighted by Gasteiger charge is 2.23. The quantitative estimate of drug-likeness (QED) is 0.849.